The third kappa shape index (κ3) is 7.44. The van der Waals surface area contributed by atoms with Crippen LogP contribution in [0.1, 0.15) is 99.0 Å². The van der Waals surface area contributed by atoms with Crippen LogP contribution >= 0.6 is 0 Å². The van der Waals surface area contributed by atoms with E-state index in [1.165, 1.54) is 0 Å². The van der Waals surface area contributed by atoms with Gasteiger partial charge in [-0.1, -0.05) is 52.3 Å². The highest BCUT2D eigenvalue weighted by Crippen LogP contribution is 2.58. The molecule has 2 saturated carbocycles. The molecule has 2 aliphatic carbocycles. The highest BCUT2D eigenvalue weighted by Gasteiger charge is 2.53. The van der Waals surface area contributed by atoms with Crippen LogP contribution in [-0.4, -0.2) is 34.7 Å². The maximum Gasteiger partial charge on any atom is 0.296 e. The van der Waals surface area contributed by atoms with E-state index >= 15 is 0 Å². The van der Waals surface area contributed by atoms with Gasteiger partial charge in [0, 0.05) is 12.3 Å². The van der Waals surface area contributed by atoms with Crippen LogP contribution in [0.5, 0.6) is 0 Å². The van der Waals surface area contributed by atoms with E-state index in [4.69, 9.17) is 8.61 Å². The minimum atomic E-state index is -3.85. The number of aryl methyl sites for hydroxylation is 1. The van der Waals surface area contributed by atoms with Gasteiger partial charge in [-0.15, -0.1) is 0 Å². The first-order valence-electron chi connectivity index (χ1n) is 15.4. The standard InChI is InChI=1S/C32H54O5SSi/c1-9-39(10-2,11-3)37-31(6,7)22-20-26(23-36-38(34,35)27-16-14-24(4)15-17-27)25(5)28-18-19-29-30(33)13-12-21-32(28,29)8/h14-17,25-26,28-29H,9-13,18-23H2,1-8H3/t25-,26-,28-,29+,32-/m1/s1. The molecule has 0 N–H and O–H groups in total. The molecule has 5 nitrogen and oxygen atoms in total. The second kappa shape index (κ2) is 12.9. The summed E-state index contributed by atoms with van der Waals surface area (Å²) in [5.74, 6) is 1.29. The molecule has 0 amide bonds. The molecule has 0 heterocycles. The largest absolute Gasteiger partial charge is 0.412 e. The predicted octanol–water partition coefficient (Wildman–Crippen LogP) is 8.32. The van der Waals surface area contributed by atoms with E-state index in [1.54, 1.807) is 24.3 Å². The van der Waals surface area contributed by atoms with Gasteiger partial charge >= 0.3 is 0 Å². The molecule has 0 saturated heterocycles. The van der Waals surface area contributed by atoms with Gasteiger partial charge in [-0.2, -0.15) is 8.42 Å². The van der Waals surface area contributed by atoms with Gasteiger partial charge in [-0.3, -0.25) is 8.98 Å². The van der Waals surface area contributed by atoms with E-state index < -0.39 is 18.4 Å². The summed E-state index contributed by atoms with van der Waals surface area (Å²) in [5, 5.41) is 0. The van der Waals surface area contributed by atoms with E-state index in [0.717, 1.165) is 62.2 Å². The number of rotatable bonds is 14. The fourth-order valence-corrected chi connectivity index (χ4v) is 11.9. The fraction of sp³-hybridized carbons (Fsp3) is 0.781. The number of benzene rings is 1. The summed E-state index contributed by atoms with van der Waals surface area (Å²) < 4.78 is 39.0. The minimum absolute atomic E-state index is 0.00352. The molecule has 2 aliphatic rings. The van der Waals surface area contributed by atoms with Crippen molar-refractivity contribution in [3.05, 3.63) is 29.8 Å². The molecule has 0 aliphatic heterocycles. The van der Waals surface area contributed by atoms with Gasteiger partial charge in [0.2, 0.25) is 0 Å². The molecule has 0 unspecified atom stereocenters. The van der Waals surface area contributed by atoms with Gasteiger partial charge in [-0.05, 0) is 113 Å². The van der Waals surface area contributed by atoms with Gasteiger partial charge in [0.15, 0.2) is 8.32 Å². The van der Waals surface area contributed by atoms with Crippen LogP contribution in [0.4, 0.5) is 0 Å². The Bertz CT molecular complexity index is 1050. The van der Waals surface area contributed by atoms with Gasteiger partial charge < -0.3 is 4.43 Å². The summed E-state index contributed by atoms with van der Waals surface area (Å²) in [6, 6.07) is 10.2. The zero-order chi connectivity index (χ0) is 29.1. The van der Waals surface area contributed by atoms with Crippen LogP contribution in [0, 0.1) is 36.0 Å². The van der Waals surface area contributed by atoms with Gasteiger partial charge in [0.25, 0.3) is 10.1 Å². The van der Waals surface area contributed by atoms with Crippen molar-refractivity contribution in [1.82, 2.24) is 0 Å². The van der Waals surface area contributed by atoms with Crippen LogP contribution < -0.4 is 0 Å². The Balaban J connectivity index is 1.82. The van der Waals surface area contributed by atoms with Crippen molar-refractivity contribution < 1.29 is 21.8 Å². The lowest BCUT2D eigenvalue weighted by Crippen LogP contribution is -2.45. The maximum atomic E-state index is 13.1. The summed E-state index contributed by atoms with van der Waals surface area (Å²) in [5.41, 5.74) is 0.744. The molecule has 2 fully saturated rings. The lowest BCUT2D eigenvalue weighted by atomic mass is 9.60. The molecule has 1 aromatic carbocycles. The van der Waals surface area contributed by atoms with Gasteiger partial charge in [0.1, 0.15) is 5.78 Å². The van der Waals surface area contributed by atoms with Gasteiger partial charge in [-0.25, -0.2) is 0 Å². The average molecular weight is 579 g/mol. The highest BCUT2D eigenvalue weighted by atomic mass is 32.2. The van der Waals surface area contributed by atoms with E-state index in [2.05, 4.69) is 48.5 Å². The van der Waals surface area contributed by atoms with Crippen molar-refractivity contribution >= 4 is 24.2 Å². The van der Waals surface area contributed by atoms with E-state index in [9.17, 15) is 13.2 Å². The van der Waals surface area contributed by atoms with Crippen molar-refractivity contribution in [3.8, 4) is 0 Å². The first kappa shape index (κ1) is 32.5. The number of carbonyl (C=O) groups excluding carboxylic acids is 1. The maximum absolute atomic E-state index is 13.1. The number of hydrogen-bond acceptors (Lipinski definition) is 5. The summed E-state index contributed by atoms with van der Waals surface area (Å²) in [6.07, 6.45) is 6.46. The molecule has 222 valence electrons. The average Bonchev–Trinajstić information content (AvgIpc) is 3.25. The number of Topliss-reactive ketones (excluding diaryl/α,β-unsaturated/α-hetero) is 1. The zero-order valence-corrected chi connectivity index (χ0v) is 27.7. The van der Waals surface area contributed by atoms with Gasteiger partial charge in [0.05, 0.1) is 17.1 Å². The van der Waals surface area contributed by atoms with Crippen LogP contribution in [0.25, 0.3) is 0 Å². The van der Waals surface area contributed by atoms with Crippen molar-refractivity contribution in [2.45, 2.75) is 129 Å². The van der Waals surface area contributed by atoms with Crippen LogP contribution in [-0.2, 0) is 23.5 Å². The summed E-state index contributed by atoms with van der Waals surface area (Å²) in [7, 11) is -5.63. The normalized spacial score (nSPS) is 25.9. The predicted molar refractivity (Wildman–Crippen MR) is 162 cm³/mol. The quantitative estimate of drug-likeness (QED) is 0.164. The Kier molecular flexibility index (Phi) is 10.7. The third-order valence-electron chi connectivity index (χ3n) is 10.6. The smallest absolute Gasteiger partial charge is 0.296 e. The topological polar surface area (TPSA) is 69.7 Å². The van der Waals surface area contributed by atoms with Crippen molar-refractivity contribution in [2.75, 3.05) is 6.61 Å². The zero-order valence-electron chi connectivity index (χ0n) is 25.8. The molecule has 5 atom stereocenters. The molecular formula is C32H54O5SSi. The van der Waals surface area contributed by atoms with Crippen molar-refractivity contribution in [2.24, 2.45) is 29.1 Å². The lowest BCUT2D eigenvalue weighted by Gasteiger charge is -2.44. The number of fused-ring (bicyclic) bond motifs is 1. The van der Waals surface area contributed by atoms with Crippen LogP contribution in [0.2, 0.25) is 18.1 Å². The van der Waals surface area contributed by atoms with E-state index in [0.29, 0.717) is 18.1 Å². The first-order chi connectivity index (χ1) is 18.2. The SMILES string of the molecule is CC[Si](CC)(CC)OC(C)(C)CC[C@H](COS(=O)(=O)c1ccc(C)cc1)[C@@H](C)[C@H]1CC[C@H]2C(=O)CCC[C@]12C. The van der Waals surface area contributed by atoms with E-state index in [-0.39, 0.29) is 40.3 Å². The monoisotopic (exact) mass is 578 g/mol. The first-order valence-corrected chi connectivity index (χ1v) is 19.4. The number of hydrogen-bond donors (Lipinski definition) is 0. The molecule has 3 rings (SSSR count). The summed E-state index contributed by atoms with van der Waals surface area (Å²) in [6.45, 7) is 17.9. The van der Waals surface area contributed by atoms with Crippen LogP contribution in [0.15, 0.2) is 29.2 Å². The third-order valence-corrected chi connectivity index (χ3v) is 16.8. The van der Waals surface area contributed by atoms with Crippen LogP contribution in [0.3, 0.4) is 0 Å². The molecule has 1 aromatic rings. The molecule has 7 heteroatoms. The molecule has 0 spiro atoms. The molecule has 0 aromatic heterocycles. The lowest BCUT2D eigenvalue weighted by molar-refractivity contribution is -0.130. The Morgan fingerprint density at radius 2 is 1.69 bits per heavy atom. The number of carbonyl (C=O) groups is 1. The summed E-state index contributed by atoms with van der Waals surface area (Å²) >= 11 is 0. The number of ketones is 1. The minimum Gasteiger partial charge on any atom is -0.412 e. The Morgan fingerprint density at radius 3 is 2.28 bits per heavy atom. The molecular weight excluding hydrogens is 525 g/mol. The van der Waals surface area contributed by atoms with Crippen molar-refractivity contribution in [1.29, 1.82) is 0 Å². The molecule has 0 radical (unpaired) electrons. The summed E-state index contributed by atoms with van der Waals surface area (Å²) in [4.78, 5) is 13.0. The Hall–Kier alpha value is -1.02. The Labute approximate surface area is 240 Å². The highest BCUT2D eigenvalue weighted by molar-refractivity contribution is 7.86. The Morgan fingerprint density at radius 1 is 1.08 bits per heavy atom. The molecule has 39 heavy (non-hydrogen) atoms. The van der Waals surface area contributed by atoms with E-state index in [1.807, 2.05) is 6.92 Å². The van der Waals surface area contributed by atoms with Crippen molar-refractivity contribution in [3.63, 3.8) is 0 Å². The second-order valence-corrected chi connectivity index (χ2v) is 19.7. The molecule has 0 bridgehead atoms. The second-order valence-electron chi connectivity index (χ2n) is 13.4. The fourth-order valence-electron chi connectivity index (χ4n) is 7.75.